The molecule has 1 unspecified atom stereocenters. The summed E-state index contributed by atoms with van der Waals surface area (Å²) in [5.41, 5.74) is -0.0618. The van der Waals surface area contributed by atoms with Gasteiger partial charge in [0.25, 0.3) is 5.91 Å². The van der Waals surface area contributed by atoms with Crippen LogP contribution < -0.4 is 5.32 Å². The molecule has 0 aliphatic heterocycles. The van der Waals surface area contributed by atoms with Crippen molar-refractivity contribution in [3.05, 3.63) is 65.0 Å². The first kappa shape index (κ1) is 15.1. The first-order valence-electron chi connectivity index (χ1n) is 6.12. The minimum atomic E-state index is -1.28. The summed E-state index contributed by atoms with van der Waals surface area (Å²) in [6.45, 7) is 1.54. The van der Waals surface area contributed by atoms with Crippen LogP contribution in [0.25, 0.3) is 0 Å². The predicted molar refractivity (Wildman–Crippen MR) is 71.3 cm³/mol. The molecule has 0 heterocycles. The van der Waals surface area contributed by atoms with Crippen molar-refractivity contribution in [2.24, 2.45) is 0 Å². The number of nitrogens with one attached hydrogen (secondary N) is 1. The van der Waals surface area contributed by atoms with Gasteiger partial charge in [0.1, 0.15) is 23.0 Å². The molecule has 0 aromatic heterocycles. The zero-order valence-electron chi connectivity index (χ0n) is 11.0. The number of amides is 1. The standard InChI is InChI=1S/C15H12F3NO2/c1-8(20)9-3-2-4-11(5-9)19-15(21)14-12(17)6-10(16)7-13(14)18/h2-8,20H,1H3,(H,19,21). The third-order valence-electron chi connectivity index (χ3n) is 2.86. The first-order chi connectivity index (χ1) is 9.88. The van der Waals surface area contributed by atoms with E-state index in [4.69, 9.17) is 0 Å². The van der Waals surface area contributed by atoms with Gasteiger partial charge in [0.05, 0.1) is 6.10 Å². The fourth-order valence-electron chi connectivity index (χ4n) is 1.83. The number of halogens is 3. The molecule has 6 heteroatoms. The summed E-state index contributed by atoms with van der Waals surface area (Å²) in [4.78, 5) is 11.9. The lowest BCUT2D eigenvalue weighted by Crippen LogP contribution is -2.16. The molecule has 2 aromatic carbocycles. The fourth-order valence-corrected chi connectivity index (χ4v) is 1.83. The quantitative estimate of drug-likeness (QED) is 0.911. The van der Waals surface area contributed by atoms with E-state index in [0.29, 0.717) is 17.7 Å². The number of anilines is 1. The minimum absolute atomic E-state index is 0.265. The smallest absolute Gasteiger partial charge is 0.261 e. The zero-order valence-corrected chi connectivity index (χ0v) is 11.0. The Bertz CT molecular complexity index is 663. The largest absolute Gasteiger partial charge is 0.389 e. The highest BCUT2D eigenvalue weighted by atomic mass is 19.1. The van der Waals surface area contributed by atoms with Crippen molar-refractivity contribution in [3.63, 3.8) is 0 Å². The van der Waals surface area contributed by atoms with Gasteiger partial charge in [-0.1, -0.05) is 12.1 Å². The molecule has 0 aliphatic carbocycles. The van der Waals surface area contributed by atoms with E-state index in [1.165, 1.54) is 12.1 Å². The first-order valence-corrected chi connectivity index (χ1v) is 6.12. The molecule has 110 valence electrons. The molecule has 0 fully saturated rings. The Balaban J connectivity index is 2.28. The monoisotopic (exact) mass is 295 g/mol. The Kier molecular flexibility index (Phi) is 4.28. The van der Waals surface area contributed by atoms with E-state index in [1.807, 2.05) is 0 Å². The van der Waals surface area contributed by atoms with E-state index in [0.717, 1.165) is 0 Å². The van der Waals surface area contributed by atoms with Gasteiger partial charge < -0.3 is 10.4 Å². The molecular weight excluding hydrogens is 283 g/mol. The molecule has 0 saturated carbocycles. The van der Waals surface area contributed by atoms with Gasteiger partial charge in [0.15, 0.2) is 0 Å². The van der Waals surface area contributed by atoms with Crippen molar-refractivity contribution in [2.45, 2.75) is 13.0 Å². The molecule has 2 rings (SSSR count). The summed E-state index contributed by atoms with van der Waals surface area (Å²) < 4.78 is 39.8. The fraction of sp³-hybridized carbons (Fsp3) is 0.133. The van der Waals surface area contributed by atoms with E-state index < -0.39 is 35.0 Å². The Hall–Kier alpha value is -2.34. The van der Waals surface area contributed by atoms with Crippen LogP contribution in [0.2, 0.25) is 0 Å². The molecule has 2 N–H and O–H groups in total. The number of aliphatic hydroxyl groups is 1. The van der Waals surface area contributed by atoms with Crippen LogP contribution in [0.15, 0.2) is 36.4 Å². The summed E-state index contributed by atoms with van der Waals surface area (Å²) in [7, 11) is 0. The van der Waals surface area contributed by atoms with Gasteiger partial charge in [-0.2, -0.15) is 0 Å². The lowest BCUT2D eigenvalue weighted by atomic mass is 10.1. The van der Waals surface area contributed by atoms with Gasteiger partial charge in [-0.25, -0.2) is 13.2 Å². The minimum Gasteiger partial charge on any atom is -0.389 e. The molecule has 1 amide bonds. The van der Waals surface area contributed by atoms with E-state index >= 15 is 0 Å². The maximum absolute atomic E-state index is 13.5. The third kappa shape index (κ3) is 3.41. The maximum Gasteiger partial charge on any atom is 0.261 e. The highest BCUT2D eigenvalue weighted by Crippen LogP contribution is 2.20. The van der Waals surface area contributed by atoms with Crippen molar-refractivity contribution < 1.29 is 23.1 Å². The number of benzene rings is 2. The second-order valence-corrected chi connectivity index (χ2v) is 4.50. The number of hydrogen-bond acceptors (Lipinski definition) is 2. The maximum atomic E-state index is 13.5. The molecule has 2 aromatic rings. The second-order valence-electron chi connectivity index (χ2n) is 4.50. The topological polar surface area (TPSA) is 49.3 Å². The normalized spacial score (nSPS) is 12.0. The molecule has 21 heavy (non-hydrogen) atoms. The lowest BCUT2D eigenvalue weighted by molar-refractivity contribution is 0.101. The average molecular weight is 295 g/mol. The molecule has 0 aliphatic rings. The summed E-state index contributed by atoms with van der Waals surface area (Å²) in [6, 6.07) is 7.06. The van der Waals surface area contributed by atoms with Crippen LogP contribution in [0.1, 0.15) is 28.9 Å². The van der Waals surface area contributed by atoms with Crippen LogP contribution in [0.4, 0.5) is 18.9 Å². The molecule has 1 atom stereocenters. The number of aliphatic hydroxyl groups excluding tert-OH is 1. The summed E-state index contributed by atoms with van der Waals surface area (Å²) in [5.74, 6) is -4.70. The molecule has 0 saturated heterocycles. The Morgan fingerprint density at radius 1 is 1.14 bits per heavy atom. The Morgan fingerprint density at radius 3 is 2.33 bits per heavy atom. The second kappa shape index (κ2) is 5.97. The molecule has 0 radical (unpaired) electrons. The Morgan fingerprint density at radius 2 is 1.76 bits per heavy atom. The number of rotatable bonds is 3. The van der Waals surface area contributed by atoms with Gasteiger partial charge in [-0.05, 0) is 24.6 Å². The van der Waals surface area contributed by atoms with E-state index in [9.17, 15) is 23.1 Å². The van der Waals surface area contributed by atoms with Crippen LogP contribution in [0, 0.1) is 17.5 Å². The van der Waals surface area contributed by atoms with Crippen molar-refractivity contribution in [3.8, 4) is 0 Å². The summed E-state index contributed by atoms with van der Waals surface area (Å²) in [6.07, 6.45) is -0.749. The van der Waals surface area contributed by atoms with Crippen molar-refractivity contribution >= 4 is 11.6 Å². The number of hydrogen-bond donors (Lipinski definition) is 2. The van der Waals surface area contributed by atoms with Crippen molar-refractivity contribution in [2.75, 3.05) is 5.32 Å². The van der Waals surface area contributed by atoms with Gasteiger partial charge in [-0.3, -0.25) is 4.79 Å². The SMILES string of the molecule is CC(O)c1cccc(NC(=O)c2c(F)cc(F)cc2F)c1. The van der Waals surface area contributed by atoms with Crippen LogP contribution in [-0.4, -0.2) is 11.0 Å². The predicted octanol–water partition coefficient (Wildman–Crippen LogP) is 3.41. The van der Waals surface area contributed by atoms with Gasteiger partial charge in [0.2, 0.25) is 0 Å². The lowest BCUT2D eigenvalue weighted by Gasteiger charge is -2.10. The van der Waals surface area contributed by atoms with E-state index in [-0.39, 0.29) is 5.69 Å². The molecule has 0 bridgehead atoms. The van der Waals surface area contributed by atoms with Gasteiger partial charge in [-0.15, -0.1) is 0 Å². The Labute approximate surface area is 119 Å². The summed E-state index contributed by atoms with van der Waals surface area (Å²) >= 11 is 0. The number of carbonyl (C=O) groups is 1. The third-order valence-corrected chi connectivity index (χ3v) is 2.86. The summed E-state index contributed by atoms with van der Waals surface area (Å²) in [5, 5.41) is 11.7. The van der Waals surface area contributed by atoms with Gasteiger partial charge in [0, 0.05) is 17.8 Å². The van der Waals surface area contributed by atoms with Crippen LogP contribution in [-0.2, 0) is 0 Å². The van der Waals surface area contributed by atoms with Crippen molar-refractivity contribution in [1.29, 1.82) is 0 Å². The molecule has 3 nitrogen and oxygen atoms in total. The van der Waals surface area contributed by atoms with Crippen LogP contribution in [0.5, 0.6) is 0 Å². The number of carbonyl (C=O) groups excluding carboxylic acids is 1. The van der Waals surface area contributed by atoms with Crippen molar-refractivity contribution in [1.82, 2.24) is 0 Å². The molecule has 0 spiro atoms. The van der Waals surface area contributed by atoms with E-state index in [2.05, 4.69) is 5.32 Å². The highest BCUT2D eigenvalue weighted by molar-refractivity contribution is 6.04. The van der Waals surface area contributed by atoms with Crippen LogP contribution in [0.3, 0.4) is 0 Å². The zero-order chi connectivity index (χ0) is 15.6. The highest BCUT2D eigenvalue weighted by Gasteiger charge is 2.19. The van der Waals surface area contributed by atoms with E-state index in [1.54, 1.807) is 19.1 Å². The average Bonchev–Trinajstić information content (AvgIpc) is 2.37. The molecular formula is C15H12F3NO2. The van der Waals surface area contributed by atoms with Gasteiger partial charge >= 0.3 is 0 Å². The van der Waals surface area contributed by atoms with Crippen LogP contribution >= 0.6 is 0 Å².